The van der Waals surface area contributed by atoms with Gasteiger partial charge >= 0.3 is 6.03 Å². The van der Waals surface area contributed by atoms with Gasteiger partial charge in [0.2, 0.25) is 0 Å². The van der Waals surface area contributed by atoms with Crippen molar-refractivity contribution in [1.82, 2.24) is 34.8 Å². The second-order valence-electron chi connectivity index (χ2n) is 6.74. The molecule has 136 valence electrons. The molecule has 3 aromatic rings. The summed E-state index contributed by atoms with van der Waals surface area (Å²) in [7, 11) is 0. The van der Waals surface area contributed by atoms with E-state index in [0.717, 1.165) is 42.4 Å². The first kappa shape index (κ1) is 16.6. The number of urea groups is 1. The quantitative estimate of drug-likeness (QED) is 0.749. The molecular weight excluding hydrogens is 330 g/mol. The fourth-order valence-corrected chi connectivity index (χ4v) is 3.43. The molecule has 3 aromatic heterocycles. The van der Waals surface area contributed by atoms with E-state index in [1.54, 1.807) is 0 Å². The lowest BCUT2D eigenvalue weighted by molar-refractivity contribution is 0.178. The molecule has 0 bridgehead atoms. The normalized spacial score (nSPS) is 17.6. The van der Waals surface area contributed by atoms with Gasteiger partial charge in [-0.2, -0.15) is 5.10 Å². The van der Waals surface area contributed by atoms with E-state index in [1.165, 1.54) is 0 Å². The lowest BCUT2D eigenvalue weighted by atomic mass is 9.98. The Bertz CT molecular complexity index is 867. The molecule has 8 nitrogen and oxygen atoms in total. The molecule has 1 atom stereocenters. The van der Waals surface area contributed by atoms with Crippen LogP contribution < -0.4 is 5.32 Å². The molecule has 0 aliphatic carbocycles. The van der Waals surface area contributed by atoms with Gasteiger partial charge in [-0.25, -0.2) is 14.8 Å². The van der Waals surface area contributed by atoms with Crippen LogP contribution in [0.1, 0.15) is 36.1 Å². The second-order valence-corrected chi connectivity index (χ2v) is 6.74. The number of carbonyl (C=O) groups is 1. The molecule has 2 amide bonds. The Hall–Kier alpha value is -2.90. The Morgan fingerprint density at radius 1 is 1.38 bits per heavy atom. The van der Waals surface area contributed by atoms with Crippen molar-refractivity contribution in [1.29, 1.82) is 0 Å². The lowest BCUT2D eigenvalue weighted by Gasteiger charge is -2.31. The van der Waals surface area contributed by atoms with E-state index in [1.807, 2.05) is 46.8 Å². The number of fused-ring (bicyclic) bond motifs is 1. The Morgan fingerprint density at radius 2 is 2.31 bits per heavy atom. The van der Waals surface area contributed by atoms with Crippen molar-refractivity contribution in [3.8, 4) is 0 Å². The molecule has 0 aromatic carbocycles. The summed E-state index contributed by atoms with van der Waals surface area (Å²) in [6.07, 6.45) is 6.68. The van der Waals surface area contributed by atoms with Gasteiger partial charge in [-0.1, -0.05) is 6.07 Å². The highest BCUT2D eigenvalue weighted by Gasteiger charge is 2.27. The number of aryl methyl sites for hydroxylation is 1. The summed E-state index contributed by atoms with van der Waals surface area (Å²) in [4.78, 5) is 23.3. The van der Waals surface area contributed by atoms with Crippen LogP contribution in [0.15, 0.2) is 30.6 Å². The molecule has 4 rings (SSSR count). The van der Waals surface area contributed by atoms with Crippen molar-refractivity contribution >= 4 is 11.7 Å². The molecule has 0 unspecified atom stereocenters. The fourth-order valence-electron chi connectivity index (χ4n) is 3.43. The molecule has 0 saturated carbocycles. The molecule has 4 heterocycles. The number of rotatable bonds is 4. The average Bonchev–Trinajstić information content (AvgIpc) is 3.27. The zero-order chi connectivity index (χ0) is 17.9. The first-order chi connectivity index (χ1) is 12.7. The number of aromatic nitrogens is 5. The maximum absolute atomic E-state index is 12.5. The molecule has 1 saturated heterocycles. The summed E-state index contributed by atoms with van der Waals surface area (Å²) in [6, 6.07) is 5.89. The van der Waals surface area contributed by atoms with Crippen molar-refractivity contribution in [2.24, 2.45) is 0 Å². The zero-order valence-corrected chi connectivity index (χ0v) is 14.9. The van der Waals surface area contributed by atoms with Crippen LogP contribution in [-0.4, -0.2) is 55.1 Å². The number of piperidine rings is 1. The number of likely N-dealkylation sites (tertiary alicyclic amines) is 1. The number of hydrogen-bond donors (Lipinski definition) is 2. The number of amides is 2. The van der Waals surface area contributed by atoms with Crippen LogP contribution in [-0.2, 0) is 6.42 Å². The zero-order valence-electron chi connectivity index (χ0n) is 14.9. The number of aromatic amines is 1. The minimum Gasteiger partial charge on any atom is -0.338 e. The van der Waals surface area contributed by atoms with Crippen molar-refractivity contribution in [2.75, 3.05) is 19.6 Å². The summed E-state index contributed by atoms with van der Waals surface area (Å²) in [5.41, 5.74) is 1.90. The number of H-pyrrole nitrogens is 1. The molecule has 0 radical (unpaired) electrons. The maximum atomic E-state index is 12.5. The number of hydrogen-bond acceptors (Lipinski definition) is 4. The third-order valence-corrected chi connectivity index (χ3v) is 4.76. The Balaban J connectivity index is 1.30. The van der Waals surface area contributed by atoms with Crippen molar-refractivity contribution in [2.45, 2.75) is 32.1 Å². The SMILES string of the molecule is Cc1nc([C@@H]2CCCN(C(=O)NCCc3cn4ccccc4n3)C2)n[nH]1. The summed E-state index contributed by atoms with van der Waals surface area (Å²) in [5, 5.41) is 10.1. The molecule has 26 heavy (non-hydrogen) atoms. The van der Waals surface area contributed by atoms with Gasteiger partial charge in [0.15, 0.2) is 5.82 Å². The van der Waals surface area contributed by atoms with Crippen LogP contribution in [0, 0.1) is 6.92 Å². The van der Waals surface area contributed by atoms with E-state index < -0.39 is 0 Å². The lowest BCUT2D eigenvalue weighted by Crippen LogP contribution is -2.45. The topological polar surface area (TPSA) is 91.2 Å². The van der Waals surface area contributed by atoms with Gasteiger partial charge in [-0.15, -0.1) is 0 Å². The Labute approximate surface area is 151 Å². The average molecular weight is 353 g/mol. The molecule has 2 N–H and O–H groups in total. The van der Waals surface area contributed by atoms with Gasteiger partial charge in [-0.3, -0.25) is 5.10 Å². The van der Waals surface area contributed by atoms with E-state index >= 15 is 0 Å². The Kier molecular flexibility index (Phi) is 4.55. The molecular formula is C18H23N7O. The van der Waals surface area contributed by atoms with Gasteiger partial charge < -0.3 is 14.6 Å². The predicted molar refractivity (Wildman–Crippen MR) is 97.0 cm³/mol. The number of carbonyl (C=O) groups excluding carboxylic acids is 1. The number of nitrogens with one attached hydrogen (secondary N) is 2. The molecule has 1 fully saturated rings. The first-order valence-electron chi connectivity index (χ1n) is 9.03. The highest BCUT2D eigenvalue weighted by Crippen LogP contribution is 2.24. The van der Waals surface area contributed by atoms with E-state index in [9.17, 15) is 4.79 Å². The first-order valence-corrected chi connectivity index (χ1v) is 9.03. The Morgan fingerprint density at radius 3 is 3.12 bits per heavy atom. The van der Waals surface area contributed by atoms with Gasteiger partial charge in [-0.05, 0) is 31.9 Å². The highest BCUT2D eigenvalue weighted by molar-refractivity contribution is 5.74. The fraction of sp³-hybridized carbons (Fsp3) is 0.444. The van der Waals surface area contributed by atoms with Crippen molar-refractivity contribution in [3.05, 3.63) is 47.9 Å². The number of imidazole rings is 1. The summed E-state index contributed by atoms with van der Waals surface area (Å²) in [6.45, 7) is 3.91. The van der Waals surface area contributed by atoms with E-state index in [0.29, 0.717) is 19.5 Å². The van der Waals surface area contributed by atoms with Crippen LogP contribution in [0.4, 0.5) is 4.79 Å². The summed E-state index contributed by atoms with van der Waals surface area (Å²) in [5.74, 6) is 1.83. The number of nitrogens with zero attached hydrogens (tertiary/aromatic N) is 5. The standard InChI is InChI=1S/C18H23N7O/c1-13-20-17(23-22-13)14-5-4-10-25(11-14)18(26)19-8-7-15-12-24-9-3-2-6-16(24)21-15/h2-3,6,9,12,14H,4-5,7-8,10-11H2,1H3,(H,19,26)(H,20,22,23)/t14-/m1/s1. The van der Waals surface area contributed by atoms with Gasteiger partial charge in [0.1, 0.15) is 11.5 Å². The second kappa shape index (κ2) is 7.15. The molecule has 1 aliphatic heterocycles. The van der Waals surface area contributed by atoms with Crippen LogP contribution >= 0.6 is 0 Å². The summed E-state index contributed by atoms with van der Waals surface area (Å²) >= 11 is 0. The smallest absolute Gasteiger partial charge is 0.317 e. The number of pyridine rings is 1. The highest BCUT2D eigenvalue weighted by atomic mass is 16.2. The van der Waals surface area contributed by atoms with Crippen molar-refractivity contribution in [3.63, 3.8) is 0 Å². The minimum absolute atomic E-state index is 0.0225. The maximum Gasteiger partial charge on any atom is 0.317 e. The molecule has 0 spiro atoms. The third kappa shape index (κ3) is 3.54. The van der Waals surface area contributed by atoms with E-state index in [4.69, 9.17) is 0 Å². The molecule has 1 aliphatic rings. The van der Waals surface area contributed by atoms with Gasteiger partial charge in [0, 0.05) is 44.4 Å². The van der Waals surface area contributed by atoms with Crippen LogP contribution in [0.5, 0.6) is 0 Å². The van der Waals surface area contributed by atoms with Crippen molar-refractivity contribution < 1.29 is 4.79 Å². The minimum atomic E-state index is -0.0225. The van der Waals surface area contributed by atoms with E-state index in [2.05, 4.69) is 25.5 Å². The largest absolute Gasteiger partial charge is 0.338 e. The third-order valence-electron chi connectivity index (χ3n) is 4.76. The van der Waals surface area contributed by atoms with E-state index in [-0.39, 0.29) is 11.9 Å². The monoisotopic (exact) mass is 353 g/mol. The van der Waals surface area contributed by atoms with Crippen LogP contribution in [0.3, 0.4) is 0 Å². The van der Waals surface area contributed by atoms with Crippen LogP contribution in [0.25, 0.3) is 5.65 Å². The van der Waals surface area contributed by atoms with Gasteiger partial charge in [0.05, 0.1) is 5.69 Å². The van der Waals surface area contributed by atoms with Crippen LogP contribution in [0.2, 0.25) is 0 Å². The summed E-state index contributed by atoms with van der Waals surface area (Å²) < 4.78 is 1.99. The van der Waals surface area contributed by atoms with Gasteiger partial charge in [0.25, 0.3) is 0 Å². The predicted octanol–water partition coefficient (Wildman–Crippen LogP) is 1.89. The molecule has 8 heteroatoms.